The first-order valence-electron chi connectivity index (χ1n) is 5.96. The lowest BCUT2D eigenvalue weighted by atomic mass is 9.90. The van der Waals surface area contributed by atoms with Crippen LogP contribution in [0.2, 0.25) is 0 Å². The Bertz CT molecular complexity index is 185. The summed E-state index contributed by atoms with van der Waals surface area (Å²) in [6, 6.07) is 0.642. The highest BCUT2D eigenvalue weighted by atomic mass is 15.1. The predicted octanol–water partition coefficient (Wildman–Crippen LogP) is 2.05. The number of rotatable bonds is 6. The van der Waals surface area contributed by atoms with Gasteiger partial charge in [-0.2, -0.15) is 0 Å². The quantitative estimate of drug-likeness (QED) is 0.672. The van der Waals surface area contributed by atoms with E-state index in [-0.39, 0.29) is 0 Å². The van der Waals surface area contributed by atoms with E-state index < -0.39 is 0 Å². The summed E-state index contributed by atoms with van der Waals surface area (Å²) in [6.07, 6.45) is 6.57. The molecule has 0 aliphatic carbocycles. The van der Waals surface area contributed by atoms with Gasteiger partial charge < -0.3 is 5.32 Å². The molecule has 0 amide bonds. The van der Waals surface area contributed by atoms with E-state index in [2.05, 4.69) is 30.3 Å². The van der Waals surface area contributed by atoms with Crippen LogP contribution in [-0.2, 0) is 0 Å². The van der Waals surface area contributed by atoms with Gasteiger partial charge in [0.05, 0.1) is 0 Å². The van der Waals surface area contributed by atoms with Crippen molar-refractivity contribution in [1.29, 1.82) is 0 Å². The maximum Gasteiger partial charge on any atom is 0.0166 e. The predicted molar refractivity (Wildman–Crippen MR) is 67.0 cm³/mol. The standard InChI is InChI=1S/C13H24N2/c1-4-10-15(11-5-2)12(3)13-6-8-14-9-7-13/h4-5,12-14H,1-2,6-11H2,3H3. The molecule has 0 aromatic heterocycles. The lowest BCUT2D eigenvalue weighted by molar-refractivity contribution is 0.160. The highest BCUT2D eigenvalue weighted by Crippen LogP contribution is 2.20. The molecule has 1 aliphatic rings. The van der Waals surface area contributed by atoms with E-state index in [1.54, 1.807) is 0 Å². The molecule has 2 heteroatoms. The van der Waals surface area contributed by atoms with Crippen molar-refractivity contribution in [3.8, 4) is 0 Å². The Labute approximate surface area is 94.0 Å². The average Bonchev–Trinajstić information content (AvgIpc) is 2.29. The summed E-state index contributed by atoms with van der Waals surface area (Å²) in [5.74, 6) is 0.825. The van der Waals surface area contributed by atoms with Gasteiger partial charge in [0.1, 0.15) is 0 Å². The number of piperidine rings is 1. The minimum atomic E-state index is 0.642. The topological polar surface area (TPSA) is 15.3 Å². The molecule has 0 aromatic rings. The zero-order chi connectivity index (χ0) is 11.1. The van der Waals surface area contributed by atoms with Crippen LogP contribution in [0.25, 0.3) is 0 Å². The third-order valence-corrected chi connectivity index (χ3v) is 3.37. The van der Waals surface area contributed by atoms with Crippen LogP contribution in [0.1, 0.15) is 19.8 Å². The largest absolute Gasteiger partial charge is 0.317 e. The van der Waals surface area contributed by atoms with Gasteiger partial charge in [0.2, 0.25) is 0 Å². The van der Waals surface area contributed by atoms with Gasteiger partial charge in [-0.05, 0) is 38.8 Å². The summed E-state index contributed by atoms with van der Waals surface area (Å²) in [5.41, 5.74) is 0. The van der Waals surface area contributed by atoms with Crippen LogP contribution in [-0.4, -0.2) is 37.1 Å². The van der Waals surface area contributed by atoms with Crippen molar-refractivity contribution in [1.82, 2.24) is 10.2 Å². The van der Waals surface area contributed by atoms with Crippen molar-refractivity contribution >= 4 is 0 Å². The molecule has 0 spiro atoms. The minimum absolute atomic E-state index is 0.642. The normalized spacial score (nSPS) is 20.1. The molecule has 1 saturated heterocycles. The molecule has 2 nitrogen and oxygen atoms in total. The van der Waals surface area contributed by atoms with E-state index in [4.69, 9.17) is 0 Å². The monoisotopic (exact) mass is 208 g/mol. The maximum absolute atomic E-state index is 3.82. The third kappa shape index (κ3) is 3.80. The van der Waals surface area contributed by atoms with E-state index in [0.717, 1.165) is 19.0 Å². The Morgan fingerprint density at radius 1 is 1.27 bits per heavy atom. The Balaban J connectivity index is 2.48. The van der Waals surface area contributed by atoms with Gasteiger partial charge in [-0.15, -0.1) is 13.2 Å². The molecule has 1 heterocycles. The first kappa shape index (κ1) is 12.5. The van der Waals surface area contributed by atoms with Crippen LogP contribution in [0.5, 0.6) is 0 Å². The van der Waals surface area contributed by atoms with Crippen LogP contribution in [0.3, 0.4) is 0 Å². The lowest BCUT2D eigenvalue weighted by Crippen LogP contribution is -2.43. The summed E-state index contributed by atoms with van der Waals surface area (Å²) >= 11 is 0. The molecule has 1 unspecified atom stereocenters. The second-order valence-electron chi connectivity index (χ2n) is 4.36. The molecule has 0 bridgehead atoms. The van der Waals surface area contributed by atoms with Crippen LogP contribution >= 0.6 is 0 Å². The number of hydrogen-bond donors (Lipinski definition) is 1. The van der Waals surface area contributed by atoms with Gasteiger partial charge in [0, 0.05) is 19.1 Å². The molecule has 1 rings (SSSR count). The summed E-state index contributed by atoms with van der Waals surface area (Å²) in [7, 11) is 0. The van der Waals surface area contributed by atoms with Crippen LogP contribution in [0, 0.1) is 5.92 Å². The molecule has 1 atom stereocenters. The number of nitrogens with zero attached hydrogens (tertiary/aromatic N) is 1. The molecule has 1 N–H and O–H groups in total. The smallest absolute Gasteiger partial charge is 0.0166 e. The summed E-state index contributed by atoms with van der Waals surface area (Å²) in [5, 5.41) is 3.41. The first-order valence-corrected chi connectivity index (χ1v) is 5.96. The van der Waals surface area contributed by atoms with Crippen molar-refractivity contribution in [2.24, 2.45) is 5.92 Å². The zero-order valence-corrected chi connectivity index (χ0v) is 9.91. The second kappa shape index (κ2) is 6.81. The van der Waals surface area contributed by atoms with Gasteiger partial charge in [-0.3, -0.25) is 4.90 Å². The molecule has 15 heavy (non-hydrogen) atoms. The zero-order valence-electron chi connectivity index (χ0n) is 9.91. The number of nitrogens with one attached hydrogen (secondary N) is 1. The molecule has 86 valence electrons. The highest BCUT2D eigenvalue weighted by molar-refractivity contribution is 4.87. The molecular weight excluding hydrogens is 184 g/mol. The fourth-order valence-electron chi connectivity index (χ4n) is 2.36. The van der Waals surface area contributed by atoms with Gasteiger partial charge in [0.25, 0.3) is 0 Å². The van der Waals surface area contributed by atoms with Crippen LogP contribution in [0.15, 0.2) is 25.3 Å². The van der Waals surface area contributed by atoms with Crippen LogP contribution in [0.4, 0.5) is 0 Å². The summed E-state index contributed by atoms with van der Waals surface area (Å²) in [4.78, 5) is 2.45. The van der Waals surface area contributed by atoms with Crippen molar-refractivity contribution in [2.75, 3.05) is 26.2 Å². The maximum atomic E-state index is 3.82. The van der Waals surface area contributed by atoms with Crippen molar-refractivity contribution < 1.29 is 0 Å². The summed E-state index contributed by atoms with van der Waals surface area (Å²) < 4.78 is 0. The fraction of sp³-hybridized carbons (Fsp3) is 0.692. The van der Waals surface area contributed by atoms with Crippen LogP contribution < -0.4 is 5.32 Å². The summed E-state index contributed by atoms with van der Waals surface area (Å²) in [6.45, 7) is 14.3. The van der Waals surface area contributed by atoms with E-state index >= 15 is 0 Å². The van der Waals surface area contributed by atoms with Crippen molar-refractivity contribution in [2.45, 2.75) is 25.8 Å². The molecule has 1 aliphatic heterocycles. The van der Waals surface area contributed by atoms with E-state index in [9.17, 15) is 0 Å². The van der Waals surface area contributed by atoms with E-state index in [0.29, 0.717) is 6.04 Å². The van der Waals surface area contributed by atoms with E-state index in [1.807, 2.05) is 12.2 Å². The molecular formula is C13H24N2. The molecule has 0 saturated carbocycles. The van der Waals surface area contributed by atoms with Gasteiger partial charge in [-0.1, -0.05) is 12.2 Å². The number of hydrogen-bond acceptors (Lipinski definition) is 2. The van der Waals surface area contributed by atoms with Gasteiger partial charge in [0.15, 0.2) is 0 Å². The van der Waals surface area contributed by atoms with Crippen molar-refractivity contribution in [3.63, 3.8) is 0 Å². The average molecular weight is 208 g/mol. The molecule has 1 fully saturated rings. The second-order valence-corrected chi connectivity index (χ2v) is 4.36. The Hall–Kier alpha value is -0.600. The van der Waals surface area contributed by atoms with Gasteiger partial charge >= 0.3 is 0 Å². The Kier molecular flexibility index (Phi) is 5.66. The lowest BCUT2D eigenvalue weighted by Gasteiger charge is -2.35. The van der Waals surface area contributed by atoms with E-state index in [1.165, 1.54) is 25.9 Å². The molecule has 0 aromatic carbocycles. The Morgan fingerprint density at radius 3 is 2.27 bits per heavy atom. The first-order chi connectivity index (χ1) is 7.29. The highest BCUT2D eigenvalue weighted by Gasteiger charge is 2.23. The molecule has 0 radical (unpaired) electrons. The third-order valence-electron chi connectivity index (χ3n) is 3.37. The SMILES string of the molecule is C=CCN(CC=C)C(C)C1CCNCC1. The van der Waals surface area contributed by atoms with Crippen molar-refractivity contribution in [3.05, 3.63) is 25.3 Å². The fourth-order valence-corrected chi connectivity index (χ4v) is 2.36. The Morgan fingerprint density at radius 2 is 1.80 bits per heavy atom. The minimum Gasteiger partial charge on any atom is -0.317 e. The van der Waals surface area contributed by atoms with Gasteiger partial charge in [-0.25, -0.2) is 0 Å².